The summed E-state index contributed by atoms with van der Waals surface area (Å²) in [5.74, 6) is 1.71. The van der Waals surface area contributed by atoms with Crippen molar-refractivity contribution in [3.8, 4) is 17.2 Å². The molecule has 0 spiro atoms. The predicted molar refractivity (Wildman–Crippen MR) is 49.5 cm³/mol. The van der Waals surface area contributed by atoms with Crippen molar-refractivity contribution in [1.29, 1.82) is 0 Å². The molecular weight excluding hydrogens is 171 g/mol. The summed E-state index contributed by atoms with van der Waals surface area (Å²) in [6, 6.07) is 5.09. The second kappa shape index (κ2) is 4.62. The minimum absolute atomic E-state index is 0.372. The molecule has 0 saturated heterocycles. The second-order valence-corrected chi connectivity index (χ2v) is 2.29. The lowest BCUT2D eigenvalue weighted by atomic mass is 10.3. The van der Waals surface area contributed by atoms with Gasteiger partial charge >= 0.3 is 7.69 Å². The zero-order valence-corrected chi connectivity index (χ0v) is 7.61. The summed E-state index contributed by atoms with van der Waals surface area (Å²) in [5, 5.41) is 8.56. The van der Waals surface area contributed by atoms with Crippen molar-refractivity contribution in [2.45, 2.75) is 0 Å². The van der Waals surface area contributed by atoms with Crippen LogP contribution in [0.2, 0.25) is 0 Å². The van der Waals surface area contributed by atoms with E-state index >= 15 is 0 Å². The molecule has 0 amide bonds. The van der Waals surface area contributed by atoms with Gasteiger partial charge in [-0.15, -0.1) is 0 Å². The molecule has 70 valence electrons. The maximum absolute atomic E-state index is 8.56. The number of ether oxygens (including phenoxy) is 2. The molecule has 1 aromatic carbocycles. The van der Waals surface area contributed by atoms with E-state index in [1.807, 2.05) is 0 Å². The predicted octanol–water partition coefficient (Wildman–Crippen LogP) is 0.341. The van der Waals surface area contributed by atoms with Crippen molar-refractivity contribution in [3.05, 3.63) is 18.2 Å². The molecule has 0 radical (unpaired) electrons. The van der Waals surface area contributed by atoms with E-state index in [1.54, 1.807) is 25.3 Å². The highest BCUT2D eigenvalue weighted by Crippen LogP contribution is 2.30. The molecule has 0 aliphatic heterocycles. The molecule has 1 N–H and O–H groups in total. The highest BCUT2D eigenvalue weighted by molar-refractivity contribution is 6.17. The first-order chi connectivity index (χ1) is 6.31. The summed E-state index contributed by atoms with van der Waals surface area (Å²) in [7, 11) is 2.73. The van der Waals surface area contributed by atoms with Gasteiger partial charge in [0.2, 0.25) is 0 Å². The van der Waals surface area contributed by atoms with E-state index in [1.165, 1.54) is 7.11 Å². The Hall–Kier alpha value is -1.36. The maximum Gasteiger partial charge on any atom is 0.504 e. The van der Waals surface area contributed by atoms with Crippen molar-refractivity contribution in [2.75, 3.05) is 14.2 Å². The molecule has 0 fully saturated rings. The van der Waals surface area contributed by atoms with Gasteiger partial charge in [0, 0.05) is 6.07 Å². The average molecular weight is 182 g/mol. The van der Waals surface area contributed by atoms with Crippen molar-refractivity contribution < 1.29 is 19.2 Å². The molecule has 0 atom stereocenters. The van der Waals surface area contributed by atoms with Crippen molar-refractivity contribution in [2.24, 2.45) is 0 Å². The van der Waals surface area contributed by atoms with Crippen molar-refractivity contribution in [1.82, 2.24) is 0 Å². The zero-order valence-electron chi connectivity index (χ0n) is 7.61. The van der Waals surface area contributed by atoms with Crippen LogP contribution in [0.4, 0.5) is 0 Å². The van der Waals surface area contributed by atoms with Gasteiger partial charge in [0.05, 0.1) is 14.2 Å². The summed E-state index contributed by atoms with van der Waals surface area (Å²) in [6.45, 7) is 0. The number of benzene rings is 1. The fraction of sp³-hybridized carbons (Fsp3) is 0.250. The van der Waals surface area contributed by atoms with Crippen LogP contribution in [-0.2, 0) is 0 Å². The smallest absolute Gasteiger partial charge is 0.504 e. The number of rotatable bonds is 4. The first-order valence-electron chi connectivity index (χ1n) is 3.77. The fourth-order valence-corrected chi connectivity index (χ4v) is 0.964. The summed E-state index contributed by atoms with van der Waals surface area (Å²) < 4.78 is 14.9. The molecule has 1 aromatic rings. The van der Waals surface area contributed by atoms with Crippen LogP contribution < -0.4 is 14.1 Å². The Kier molecular flexibility index (Phi) is 3.46. The lowest BCUT2D eigenvalue weighted by molar-refractivity contribution is 0.371. The van der Waals surface area contributed by atoms with E-state index in [-0.39, 0.29) is 7.69 Å². The molecule has 0 aromatic heterocycles. The molecule has 0 aliphatic rings. The highest BCUT2D eigenvalue weighted by Gasteiger charge is 2.05. The van der Waals surface area contributed by atoms with Crippen molar-refractivity contribution in [3.63, 3.8) is 0 Å². The lowest BCUT2D eigenvalue weighted by Gasteiger charge is -2.09. The standard InChI is InChI=1S/C8H11BO4/c1-11-6-3-4-7(13-9-10)8(5-6)12-2/h3-5,9-10H,1-2H3. The fourth-order valence-electron chi connectivity index (χ4n) is 0.964. The minimum atomic E-state index is -0.372. The van der Waals surface area contributed by atoms with E-state index < -0.39 is 0 Å². The highest BCUT2D eigenvalue weighted by atomic mass is 16.5. The Morgan fingerprint density at radius 2 is 1.92 bits per heavy atom. The molecule has 4 nitrogen and oxygen atoms in total. The van der Waals surface area contributed by atoms with Gasteiger partial charge in [-0.05, 0) is 12.1 Å². The Morgan fingerprint density at radius 1 is 1.15 bits per heavy atom. The molecule has 0 heterocycles. The Labute approximate surface area is 77.4 Å². The first-order valence-corrected chi connectivity index (χ1v) is 3.77. The van der Waals surface area contributed by atoms with E-state index in [0.29, 0.717) is 17.2 Å². The Bertz CT molecular complexity index is 277. The van der Waals surface area contributed by atoms with Crippen LogP contribution in [0.3, 0.4) is 0 Å². The summed E-state index contributed by atoms with van der Waals surface area (Å²) in [4.78, 5) is 0. The Morgan fingerprint density at radius 3 is 2.46 bits per heavy atom. The zero-order chi connectivity index (χ0) is 9.68. The van der Waals surface area contributed by atoms with Crippen LogP contribution >= 0.6 is 0 Å². The van der Waals surface area contributed by atoms with Crippen LogP contribution in [0.5, 0.6) is 17.2 Å². The Balaban J connectivity index is 2.93. The molecule has 0 bridgehead atoms. The minimum Gasteiger partial charge on any atom is -0.536 e. The quantitative estimate of drug-likeness (QED) is 0.682. The van der Waals surface area contributed by atoms with Gasteiger partial charge in [-0.2, -0.15) is 0 Å². The second-order valence-electron chi connectivity index (χ2n) is 2.29. The van der Waals surface area contributed by atoms with Crippen LogP contribution in [0.25, 0.3) is 0 Å². The summed E-state index contributed by atoms with van der Waals surface area (Å²) in [6.07, 6.45) is 0. The van der Waals surface area contributed by atoms with Gasteiger partial charge in [0.15, 0.2) is 5.75 Å². The molecular formula is C8H11BO4. The lowest BCUT2D eigenvalue weighted by Crippen LogP contribution is -2.01. The average Bonchev–Trinajstić information content (AvgIpc) is 2.19. The molecule has 1 rings (SSSR count). The SMILES string of the molecule is COc1ccc(OBO)c(OC)c1. The van der Waals surface area contributed by atoms with Gasteiger partial charge in [-0.25, -0.2) is 0 Å². The van der Waals surface area contributed by atoms with Gasteiger partial charge in [0.25, 0.3) is 0 Å². The first kappa shape index (κ1) is 9.73. The summed E-state index contributed by atoms with van der Waals surface area (Å²) >= 11 is 0. The topological polar surface area (TPSA) is 47.9 Å². The summed E-state index contributed by atoms with van der Waals surface area (Å²) in [5.41, 5.74) is 0. The van der Waals surface area contributed by atoms with E-state index in [9.17, 15) is 0 Å². The monoisotopic (exact) mass is 182 g/mol. The number of hydrogen-bond donors (Lipinski definition) is 1. The third-order valence-corrected chi connectivity index (χ3v) is 1.59. The van der Waals surface area contributed by atoms with Gasteiger partial charge in [-0.1, -0.05) is 0 Å². The van der Waals surface area contributed by atoms with Crippen LogP contribution in [0.15, 0.2) is 18.2 Å². The van der Waals surface area contributed by atoms with E-state index in [2.05, 4.69) is 0 Å². The molecule has 0 saturated carbocycles. The normalized spacial score (nSPS) is 9.15. The van der Waals surface area contributed by atoms with Gasteiger partial charge in [-0.3, -0.25) is 0 Å². The number of methoxy groups -OCH3 is 2. The van der Waals surface area contributed by atoms with Crippen LogP contribution in [0.1, 0.15) is 0 Å². The van der Waals surface area contributed by atoms with Gasteiger partial charge in [0.1, 0.15) is 11.5 Å². The number of hydrogen-bond acceptors (Lipinski definition) is 4. The van der Waals surface area contributed by atoms with Crippen molar-refractivity contribution >= 4 is 7.69 Å². The van der Waals surface area contributed by atoms with Crippen LogP contribution in [-0.4, -0.2) is 26.9 Å². The van der Waals surface area contributed by atoms with E-state index in [4.69, 9.17) is 19.2 Å². The third-order valence-electron chi connectivity index (χ3n) is 1.59. The molecule has 5 heteroatoms. The molecule has 0 aliphatic carbocycles. The largest absolute Gasteiger partial charge is 0.536 e. The van der Waals surface area contributed by atoms with Crippen LogP contribution in [0, 0.1) is 0 Å². The third kappa shape index (κ3) is 2.29. The molecule has 0 unspecified atom stereocenters. The van der Waals surface area contributed by atoms with Gasteiger partial charge < -0.3 is 19.2 Å². The van der Waals surface area contributed by atoms with E-state index in [0.717, 1.165) is 0 Å². The molecule has 13 heavy (non-hydrogen) atoms. The maximum atomic E-state index is 8.56.